The minimum atomic E-state index is -4.37. The van der Waals surface area contributed by atoms with E-state index in [1.807, 2.05) is 24.3 Å². The molecule has 0 saturated carbocycles. The maximum atomic E-state index is 12.6. The standard InChI is InChI=1S/C21H25F3N2O3/c1-28-20-5-3-2-4-19(20)26-12-10-25(11-13-26)14-17(27)15-29-18-8-6-16(7-9-18)21(22,23)24/h2-9,17,27H,10-15H2,1H3/t17-/m0/s1. The minimum absolute atomic E-state index is 0.0259. The molecule has 2 aromatic carbocycles. The number of ether oxygens (including phenoxy) is 2. The van der Waals surface area contributed by atoms with Crippen molar-refractivity contribution in [2.24, 2.45) is 0 Å². The SMILES string of the molecule is COc1ccccc1N1CCN(C[C@H](O)COc2ccc(C(F)(F)F)cc2)CC1. The molecule has 1 saturated heterocycles. The van der Waals surface area contributed by atoms with Gasteiger partial charge in [-0.2, -0.15) is 13.2 Å². The van der Waals surface area contributed by atoms with E-state index in [0.717, 1.165) is 49.7 Å². The summed E-state index contributed by atoms with van der Waals surface area (Å²) in [5.41, 5.74) is 0.333. The van der Waals surface area contributed by atoms with E-state index in [1.165, 1.54) is 12.1 Å². The van der Waals surface area contributed by atoms with Gasteiger partial charge in [0, 0.05) is 32.7 Å². The lowest BCUT2D eigenvalue weighted by Gasteiger charge is -2.37. The van der Waals surface area contributed by atoms with Crippen molar-refractivity contribution in [3.8, 4) is 11.5 Å². The molecule has 29 heavy (non-hydrogen) atoms. The number of anilines is 1. The number of β-amino-alcohol motifs (C(OH)–C–C–N with tert-alkyl or cyclic N) is 1. The van der Waals surface area contributed by atoms with Crippen molar-refractivity contribution in [1.29, 1.82) is 0 Å². The number of aliphatic hydroxyl groups is 1. The van der Waals surface area contributed by atoms with Crippen LogP contribution in [0.4, 0.5) is 18.9 Å². The number of benzene rings is 2. The third-order valence-electron chi connectivity index (χ3n) is 4.89. The molecule has 0 bridgehead atoms. The van der Waals surface area contributed by atoms with E-state index >= 15 is 0 Å². The molecule has 1 aliphatic rings. The summed E-state index contributed by atoms with van der Waals surface area (Å²) in [5.74, 6) is 1.14. The Labute approximate surface area is 168 Å². The van der Waals surface area contributed by atoms with Crippen molar-refractivity contribution >= 4 is 5.69 Å². The summed E-state index contributed by atoms with van der Waals surface area (Å²) in [6.45, 7) is 3.67. The molecule has 1 N–H and O–H groups in total. The molecule has 158 valence electrons. The fourth-order valence-corrected chi connectivity index (χ4v) is 3.35. The van der Waals surface area contributed by atoms with Gasteiger partial charge in [0.25, 0.3) is 0 Å². The van der Waals surface area contributed by atoms with Crippen LogP contribution in [0.15, 0.2) is 48.5 Å². The predicted octanol–water partition coefficient (Wildman–Crippen LogP) is 3.28. The quantitative estimate of drug-likeness (QED) is 0.759. The lowest BCUT2D eigenvalue weighted by Crippen LogP contribution is -2.49. The normalized spacial score (nSPS) is 16.5. The molecule has 0 amide bonds. The first-order valence-corrected chi connectivity index (χ1v) is 9.45. The van der Waals surface area contributed by atoms with Gasteiger partial charge in [0.2, 0.25) is 0 Å². The third-order valence-corrected chi connectivity index (χ3v) is 4.89. The monoisotopic (exact) mass is 410 g/mol. The molecule has 1 atom stereocenters. The lowest BCUT2D eigenvalue weighted by molar-refractivity contribution is -0.137. The molecule has 8 heteroatoms. The Morgan fingerprint density at radius 3 is 2.28 bits per heavy atom. The number of hydrogen-bond acceptors (Lipinski definition) is 5. The Balaban J connectivity index is 1.43. The van der Waals surface area contributed by atoms with Gasteiger partial charge in [0.15, 0.2) is 0 Å². The van der Waals surface area contributed by atoms with E-state index in [9.17, 15) is 18.3 Å². The van der Waals surface area contributed by atoms with Gasteiger partial charge in [-0.3, -0.25) is 4.90 Å². The Hall–Kier alpha value is -2.45. The van der Waals surface area contributed by atoms with Crippen LogP contribution in [0.3, 0.4) is 0 Å². The van der Waals surface area contributed by atoms with E-state index in [4.69, 9.17) is 9.47 Å². The Morgan fingerprint density at radius 2 is 1.66 bits per heavy atom. The molecule has 1 fully saturated rings. The second kappa shape index (κ2) is 9.37. The summed E-state index contributed by atoms with van der Waals surface area (Å²) in [4.78, 5) is 4.40. The zero-order valence-corrected chi connectivity index (χ0v) is 16.2. The number of alkyl halides is 3. The summed E-state index contributed by atoms with van der Waals surface area (Å²) < 4.78 is 48.6. The van der Waals surface area contributed by atoms with Crippen molar-refractivity contribution < 1.29 is 27.8 Å². The van der Waals surface area contributed by atoms with E-state index < -0.39 is 17.8 Å². The molecular formula is C21H25F3N2O3. The van der Waals surface area contributed by atoms with Gasteiger partial charge in [-0.25, -0.2) is 0 Å². The highest BCUT2D eigenvalue weighted by Gasteiger charge is 2.30. The number of nitrogens with zero attached hydrogens (tertiary/aromatic N) is 2. The molecule has 0 aliphatic carbocycles. The zero-order chi connectivity index (χ0) is 20.9. The fraction of sp³-hybridized carbons (Fsp3) is 0.429. The maximum Gasteiger partial charge on any atom is 0.416 e. The van der Waals surface area contributed by atoms with Crippen LogP contribution in [0.25, 0.3) is 0 Å². The van der Waals surface area contributed by atoms with E-state index in [2.05, 4.69) is 9.80 Å². The Kier molecular flexibility index (Phi) is 6.87. The number of aliphatic hydroxyl groups excluding tert-OH is 1. The smallest absolute Gasteiger partial charge is 0.416 e. The molecular weight excluding hydrogens is 385 g/mol. The van der Waals surface area contributed by atoms with Gasteiger partial charge in [-0.15, -0.1) is 0 Å². The Morgan fingerprint density at radius 1 is 1.00 bits per heavy atom. The fourth-order valence-electron chi connectivity index (χ4n) is 3.35. The summed E-state index contributed by atoms with van der Waals surface area (Å²) in [5, 5.41) is 10.2. The maximum absolute atomic E-state index is 12.6. The molecule has 0 radical (unpaired) electrons. The molecule has 1 aliphatic heterocycles. The van der Waals surface area contributed by atoms with Crippen LogP contribution < -0.4 is 14.4 Å². The van der Waals surface area contributed by atoms with Gasteiger partial charge in [0.1, 0.15) is 24.2 Å². The number of halogens is 3. The molecule has 0 unspecified atom stereocenters. The number of methoxy groups -OCH3 is 1. The van der Waals surface area contributed by atoms with Crippen LogP contribution in [-0.4, -0.2) is 62.6 Å². The summed E-state index contributed by atoms with van der Waals surface area (Å²) in [6, 6.07) is 12.4. The minimum Gasteiger partial charge on any atom is -0.495 e. The average molecular weight is 410 g/mol. The van der Waals surface area contributed by atoms with Crippen LogP contribution in [0.2, 0.25) is 0 Å². The van der Waals surface area contributed by atoms with Crippen molar-refractivity contribution in [3.05, 3.63) is 54.1 Å². The summed E-state index contributed by atoms with van der Waals surface area (Å²) in [6.07, 6.45) is -5.10. The second-order valence-electron chi connectivity index (χ2n) is 6.95. The lowest BCUT2D eigenvalue weighted by atomic mass is 10.2. The first-order valence-electron chi connectivity index (χ1n) is 9.45. The molecule has 5 nitrogen and oxygen atoms in total. The van der Waals surface area contributed by atoms with Crippen LogP contribution in [0.5, 0.6) is 11.5 Å². The third kappa shape index (κ3) is 5.77. The molecule has 0 aromatic heterocycles. The highest BCUT2D eigenvalue weighted by atomic mass is 19.4. The summed E-state index contributed by atoms with van der Waals surface area (Å²) >= 11 is 0. The van der Waals surface area contributed by atoms with Gasteiger partial charge >= 0.3 is 6.18 Å². The number of rotatable bonds is 7. The largest absolute Gasteiger partial charge is 0.495 e. The van der Waals surface area contributed by atoms with Crippen LogP contribution >= 0.6 is 0 Å². The van der Waals surface area contributed by atoms with Crippen molar-refractivity contribution in [2.45, 2.75) is 12.3 Å². The van der Waals surface area contributed by atoms with Gasteiger partial charge in [-0.1, -0.05) is 12.1 Å². The molecule has 0 spiro atoms. The topological polar surface area (TPSA) is 45.2 Å². The average Bonchev–Trinajstić information content (AvgIpc) is 2.72. The van der Waals surface area contributed by atoms with Crippen LogP contribution in [0, 0.1) is 0 Å². The predicted molar refractivity (Wildman–Crippen MR) is 105 cm³/mol. The van der Waals surface area contributed by atoms with Gasteiger partial charge in [-0.05, 0) is 36.4 Å². The van der Waals surface area contributed by atoms with Crippen molar-refractivity contribution in [3.63, 3.8) is 0 Å². The van der Waals surface area contributed by atoms with E-state index in [-0.39, 0.29) is 6.61 Å². The highest BCUT2D eigenvalue weighted by Crippen LogP contribution is 2.30. The first-order chi connectivity index (χ1) is 13.9. The summed E-state index contributed by atoms with van der Waals surface area (Å²) in [7, 11) is 1.65. The van der Waals surface area contributed by atoms with Crippen molar-refractivity contribution in [1.82, 2.24) is 4.90 Å². The first kappa shape index (κ1) is 21.3. The second-order valence-corrected chi connectivity index (χ2v) is 6.95. The number of hydrogen-bond donors (Lipinski definition) is 1. The highest BCUT2D eigenvalue weighted by molar-refractivity contribution is 5.58. The van der Waals surface area contributed by atoms with Crippen LogP contribution in [0.1, 0.15) is 5.56 Å². The molecule has 1 heterocycles. The molecule has 3 rings (SSSR count). The number of piperazine rings is 1. The van der Waals surface area contributed by atoms with Gasteiger partial charge < -0.3 is 19.5 Å². The van der Waals surface area contributed by atoms with Crippen molar-refractivity contribution in [2.75, 3.05) is 51.3 Å². The van der Waals surface area contributed by atoms with E-state index in [0.29, 0.717) is 12.3 Å². The zero-order valence-electron chi connectivity index (χ0n) is 16.2. The Bertz CT molecular complexity index is 775. The number of para-hydroxylation sites is 2. The van der Waals surface area contributed by atoms with E-state index in [1.54, 1.807) is 7.11 Å². The molecule has 2 aromatic rings. The van der Waals surface area contributed by atoms with Gasteiger partial charge in [0.05, 0.1) is 18.4 Å². The van der Waals surface area contributed by atoms with Crippen LogP contribution in [-0.2, 0) is 6.18 Å².